The third-order valence-electron chi connectivity index (χ3n) is 3.62. The first-order valence-corrected chi connectivity index (χ1v) is 6.66. The number of Topliss-reactive ketones (excluding diaryl/α,β-unsaturated/α-hetero) is 1. The SMILES string of the molecule is COCCC1CCCCC1C(=O)CC(C)C. The van der Waals surface area contributed by atoms with E-state index in [4.69, 9.17) is 4.74 Å². The average molecular weight is 226 g/mol. The molecule has 0 aromatic carbocycles. The molecule has 0 aromatic rings. The molecule has 0 N–H and O–H groups in total. The third kappa shape index (κ3) is 4.25. The van der Waals surface area contributed by atoms with Gasteiger partial charge in [-0.05, 0) is 31.1 Å². The highest BCUT2D eigenvalue weighted by molar-refractivity contribution is 5.81. The number of ether oxygens (including phenoxy) is 1. The van der Waals surface area contributed by atoms with Crippen LogP contribution >= 0.6 is 0 Å². The van der Waals surface area contributed by atoms with Gasteiger partial charge in [0, 0.05) is 26.1 Å². The Labute approximate surface area is 99.8 Å². The molecule has 0 aromatic heterocycles. The molecule has 2 unspecified atom stereocenters. The molecule has 2 nitrogen and oxygen atoms in total. The summed E-state index contributed by atoms with van der Waals surface area (Å²) in [6, 6.07) is 0. The predicted octanol–water partition coefficient (Wildman–Crippen LogP) is 3.44. The standard InChI is InChI=1S/C14H26O2/c1-11(2)10-14(15)13-7-5-4-6-12(13)8-9-16-3/h11-13H,4-10H2,1-3H3. The van der Waals surface area contributed by atoms with Crippen molar-refractivity contribution >= 4 is 5.78 Å². The van der Waals surface area contributed by atoms with Gasteiger partial charge in [0.1, 0.15) is 5.78 Å². The monoisotopic (exact) mass is 226 g/mol. The van der Waals surface area contributed by atoms with Gasteiger partial charge in [-0.25, -0.2) is 0 Å². The minimum absolute atomic E-state index is 0.325. The lowest BCUT2D eigenvalue weighted by atomic mass is 9.74. The Hall–Kier alpha value is -0.370. The van der Waals surface area contributed by atoms with Crippen molar-refractivity contribution in [1.82, 2.24) is 0 Å². The van der Waals surface area contributed by atoms with Crippen LogP contribution in [-0.2, 0) is 9.53 Å². The van der Waals surface area contributed by atoms with Crippen LogP contribution in [0.25, 0.3) is 0 Å². The summed E-state index contributed by atoms with van der Waals surface area (Å²) in [6.07, 6.45) is 6.68. The van der Waals surface area contributed by atoms with Crippen molar-refractivity contribution < 1.29 is 9.53 Å². The van der Waals surface area contributed by atoms with E-state index in [0.717, 1.165) is 25.9 Å². The summed E-state index contributed by atoms with van der Waals surface area (Å²) in [5, 5.41) is 0. The van der Waals surface area contributed by atoms with E-state index in [-0.39, 0.29) is 0 Å². The van der Waals surface area contributed by atoms with Gasteiger partial charge in [-0.15, -0.1) is 0 Å². The molecular formula is C14H26O2. The lowest BCUT2D eigenvalue weighted by Crippen LogP contribution is -2.28. The van der Waals surface area contributed by atoms with Crippen LogP contribution in [0, 0.1) is 17.8 Å². The number of rotatable bonds is 6. The van der Waals surface area contributed by atoms with Gasteiger partial charge in [0.15, 0.2) is 0 Å². The van der Waals surface area contributed by atoms with Gasteiger partial charge in [-0.2, -0.15) is 0 Å². The van der Waals surface area contributed by atoms with Gasteiger partial charge in [-0.3, -0.25) is 4.79 Å². The summed E-state index contributed by atoms with van der Waals surface area (Å²) in [5.74, 6) is 1.90. The number of ketones is 1. The van der Waals surface area contributed by atoms with E-state index in [9.17, 15) is 4.79 Å². The lowest BCUT2D eigenvalue weighted by Gasteiger charge is -2.30. The summed E-state index contributed by atoms with van der Waals surface area (Å²) in [5.41, 5.74) is 0. The molecule has 0 heterocycles. The highest BCUT2D eigenvalue weighted by atomic mass is 16.5. The Morgan fingerprint density at radius 1 is 1.31 bits per heavy atom. The predicted molar refractivity (Wildman–Crippen MR) is 66.4 cm³/mol. The Bertz CT molecular complexity index is 211. The fourth-order valence-electron chi connectivity index (χ4n) is 2.80. The zero-order valence-electron chi connectivity index (χ0n) is 11.0. The molecule has 1 fully saturated rings. The Balaban J connectivity index is 2.48. The van der Waals surface area contributed by atoms with E-state index in [1.807, 2.05) is 0 Å². The fourth-order valence-corrected chi connectivity index (χ4v) is 2.80. The van der Waals surface area contributed by atoms with Gasteiger partial charge < -0.3 is 4.74 Å². The largest absolute Gasteiger partial charge is 0.385 e. The van der Waals surface area contributed by atoms with Crippen LogP contribution in [0.1, 0.15) is 52.4 Å². The molecule has 1 saturated carbocycles. The molecule has 2 atom stereocenters. The molecule has 1 aliphatic rings. The van der Waals surface area contributed by atoms with Crippen molar-refractivity contribution in [1.29, 1.82) is 0 Å². The van der Waals surface area contributed by atoms with Gasteiger partial charge in [-0.1, -0.05) is 26.7 Å². The summed E-state index contributed by atoms with van der Waals surface area (Å²) < 4.78 is 5.14. The molecule has 2 heteroatoms. The third-order valence-corrected chi connectivity index (χ3v) is 3.62. The molecule has 1 aliphatic carbocycles. The number of hydrogen-bond donors (Lipinski definition) is 0. The minimum atomic E-state index is 0.325. The molecule has 16 heavy (non-hydrogen) atoms. The van der Waals surface area contributed by atoms with E-state index < -0.39 is 0 Å². The van der Waals surface area contributed by atoms with Crippen LogP contribution in [0.5, 0.6) is 0 Å². The first-order chi connectivity index (χ1) is 7.65. The second-order valence-corrected chi connectivity index (χ2v) is 5.50. The van der Waals surface area contributed by atoms with Gasteiger partial charge in [0.2, 0.25) is 0 Å². The zero-order chi connectivity index (χ0) is 12.0. The maximum Gasteiger partial charge on any atom is 0.136 e. The van der Waals surface area contributed by atoms with Crippen LogP contribution in [-0.4, -0.2) is 19.5 Å². The molecule has 0 amide bonds. The van der Waals surface area contributed by atoms with E-state index in [1.165, 1.54) is 19.3 Å². The maximum absolute atomic E-state index is 12.1. The quantitative estimate of drug-likeness (QED) is 0.693. The van der Waals surface area contributed by atoms with E-state index >= 15 is 0 Å². The second kappa shape index (κ2) is 7.05. The van der Waals surface area contributed by atoms with Crippen LogP contribution in [0.4, 0.5) is 0 Å². The van der Waals surface area contributed by atoms with Crippen LogP contribution in [0.3, 0.4) is 0 Å². The lowest BCUT2D eigenvalue weighted by molar-refractivity contribution is -0.126. The first-order valence-electron chi connectivity index (χ1n) is 6.66. The number of carbonyl (C=O) groups excluding carboxylic acids is 1. The number of hydrogen-bond acceptors (Lipinski definition) is 2. The summed E-state index contributed by atoms with van der Waals surface area (Å²) in [7, 11) is 1.74. The van der Waals surface area contributed by atoms with Crippen molar-refractivity contribution in [3.63, 3.8) is 0 Å². The summed E-state index contributed by atoms with van der Waals surface area (Å²) in [6.45, 7) is 5.06. The Morgan fingerprint density at radius 2 is 2.00 bits per heavy atom. The first kappa shape index (κ1) is 13.7. The Morgan fingerprint density at radius 3 is 2.62 bits per heavy atom. The fraction of sp³-hybridized carbons (Fsp3) is 0.929. The molecule has 0 aliphatic heterocycles. The van der Waals surface area contributed by atoms with Crippen molar-refractivity contribution in [2.45, 2.75) is 52.4 Å². The summed E-state index contributed by atoms with van der Waals surface area (Å²) >= 11 is 0. The molecular weight excluding hydrogens is 200 g/mol. The highest BCUT2D eigenvalue weighted by Gasteiger charge is 2.30. The van der Waals surface area contributed by atoms with E-state index in [2.05, 4.69) is 13.8 Å². The molecule has 1 rings (SSSR count). The van der Waals surface area contributed by atoms with Crippen LogP contribution in [0.2, 0.25) is 0 Å². The van der Waals surface area contributed by atoms with E-state index in [0.29, 0.717) is 23.5 Å². The van der Waals surface area contributed by atoms with Crippen molar-refractivity contribution in [3.05, 3.63) is 0 Å². The normalized spacial score (nSPS) is 26.0. The minimum Gasteiger partial charge on any atom is -0.385 e. The highest BCUT2D eigenvalue weighted by Crippen LogP contribution is 2.34. The maximum atomic E-state index is 12.1. The van der Waals surface area contributed by atoms with Gasteiger partial charge in [0.25, 0.3) is 0 Å². The molecule has 94 valence electrons. The van der Waals surface area contributed by atoms with Crippen LogP contribution < -0.4 is 0 Å². The molecule has 0 bridgehead atoms. The van der Waals surface area contributed by atoms with Crippen LogP contribution in [0.15, 0.2) is 0 Å². The van der Waals surface area contributed by atoms with E-state index in [1.54, 1.807) is 7.11 Å². The van der Waals surface area contributed by atoms with Gasteiger partial charge >= 0.3 is 0 Å². The Kier molecular flexibility index (Phi) is 6.04. The van der Waals surface area contributed by atoms with Crippen molar-refractivity contribution in [2.75, 3.05) is 13.7 Å². The molecule has 0 radical (unpaired) electrons. The summed E-state index contributed by atoms with van der Waals surface area (Å²) in [4.78, 5) is 12.1. The topological polar surface area (TPSA) is 26.3 Å². The number of methoxy groups -OCH3 is 1. The van der Waals surface area contributed by atoms with Gasteiger partial charge in [0.05, 0.1) is 0 Å². The van der Waals surface area contributed by atoms with Crippen molar-refractivity contribution in [2.24, 2.45) is 17.8 Å². The van der Waals surface area contributed by atoms with Crippen molar-refractivity contribution in [3.8, 4) is 0 Å². The molecule has 0 spiro atoms. The zero-order valence-corrected chi connectivity index (χ0v) is 11.0. The second-order valence-electron chi connectivity index (χ2n) is 5.50. The molecule has 0 saturated heterocycles. The average Bonchev–Trinajstić information content (AvgIpc) is 2.25. The smallest absolute Gasteiger partial charge is 0.136 e. The number of carbonyl (C=O) groups is 1.